The molecule has 0 atom stereocenters. The molecule has 3 heteroatoms. The monoisotopic (exact) mass is 200 g/mol. The zero-order valence-corrected chi connectivity index (χ0v) is 8.54. The van der Waals surface area contributed by atoms with Gasteiger partial charge in [0.1, 0.15) is 6.61 Å². The van der Waals surface area contributed by atoms with Crippen molar-refractivity contribution in [1.29, 1.82) is 0 Å². The average molecular weight is 201 g/mol. The zero-order valence-electron chi connectivity index (χ0n) is 7.79. The van der Waals surface area contributed by atoms with E-state index in [1.807, 2.05) is 44.2 Å². The summed E-state index contributed by atoms with van der Waals surface area (Å²) in [6, 6.07) is 9.36. The van der Waals surface area contributed by atoms with Gasteiger partial charge in [-0.25, -0.2) is 4.79 Å². The Morgan fingerprint density at radius 2 is 1.85 bits per heavy atom. The number of rotatable bonds is 2. The molecule has 0 heterocycles. The van der Waals surface area contributed by atoms with Crippen molar-refractivity contribution in [3.05, 3.63) is 35.9 Å². The van der Waals surface area contributed by atoms with Crippen molar-refractivity contribution in [1.82, 2.24) is 0 Å². The van der Waals surface area contributed by atoms with Crippen LogP contribution >= 0.6 is 11.6 Å². The maximum absolute atomic E-state index is 10.2. The van der Waals surface area contributed by atoms with Gasteiger partial charge >= 0.3 is 5.43 Å². The summed E-state index contributed by atoms with van der Waals surface area (Å²) in [4.78, 5) is 10.2. The highest BCUT2D eigenvalue weighted by atomic mass is 35.5. The Morgan fingerprint density at radius 1 is 1.31 bits per heavy atom. The number of carbonyl (C=O) groups excluding carboxylic acids is 1. The molecule has 0 saturated heterocycles. The summed E-state index contributed by atoms with van der Waals surface area (Å²) >= 11 is 4.97. The lowest BCUT2D eigenvalue weighted by molar-refractivity contribution is 0.167. The second kappa shape index (κ2) is 7.62. The van der Waals surface area contributed by atoms with E-state index >= 15 is 0 Å². The lowest BCUT2D eigenvalue weighted by Gasteiger charge is -1.98. The van der Waals surface area contributed by atoms with Crippen LogP contribution in [0, 0.1) is 0 Å². The first-order chi connectivity index (χ1) is 6.29. The van der Waals surface area contributed by atoms with Crippen molar-refractivity contribution < 1.29 is 9.53 Å². The summed E-state index contributed by atoms with van der Waals surface area (Å²) in [6.07, 6.45) is 0. The standard InChI is InChI=1S/C8H7ClO2.C2H6/c9-8(10)11-6-7-4-2-1-3-5-7;1-2/h1-5H,6H2;1-2H3. The van der Waals surface area contributed by atoms with Crippen molar-refractivity contribution in [2.24, 2.45) is 0 Å². The molecule has 0 fully saturated rings. The summed E-state index contributed by atoms with van der Waals surface area (Å²) in [7, 11) is 0. The Balaban J connectivity index is 0.000000671. The summed E-state index contributed by atoms with van der Waals surface area (Å²) in [5, 5.41) is 0. The fourth-order valence-corrected chi connectivity index (χ4v) is 0.769. The summed E-state index contributed by atoms with van der Waals surface area (Å²) in [5.74, 6) is 0. The van der Waals surface area contributed by atoms with Crippen LogP contribution in [0.3, 0.4) is 0 Å². The number of hydrogen-bond donors (Lipinski definition) is 0. The van der Waals surface area contributed by atoms with Crippen LogP contribution in [-0.4, -0.2) is 5.43 Å². The fraction of sp³-hybridized carbons (Fsp3) is 0.300. The molecule has 1 rings (SSSR count). The smallest absolute Gasteiger partial charge is 0.404 e. The molecule has 0 radical (unpaired) electrons. The maximum Gasteiger partial charge on any atom is 0.404 e. The summed E-state index contributed by atoms with van der Waals surface area (Å²) in [6.45, 7) is 4.24. The minimum atomic E-state index is -0.770. The number of hydrogen-bond acceptors (Lipinski definition) is 2. The average Bonchev–Trinajstić information content (AvgIpc) is 2.19. The van der Waals surface area contributed by atoms with E-state index in [4.69, 9.17) is 11.6 Å². The predicted octanol–water partition coefficient (Wildman–Crippen LogP) is 3.59. The van der Waals surface area contributed by atoms with Crippen molar-refractivity contribution >= 4 is 17.0 Å². The molecule has 0 aliphatic carbocycles. The van der Waals surface area contributed by atoms with Gasteiger partial charge in [-0.05, 0) is 5.56 Å². The number of benzene rings is 1. The molecular weight excluding hydrogens is 188 g/mol. The third kappa shape index (κ3) is 6.17. The molecule has 0 unspecified atom stereocenters. The van der Waals surface area contributed by atoms with Gasteiger partial charge in [-0.15, -0.1) is 0 Å². The van der Waals surface area contributed by atoms with E-state index in [2.05, 4.69) is 4.74 Å². The van der Waals surface area contributed by atoms with E-state index in [1.165, 1.54) is 0 Å². The van der Waals surface area contributed by atoms with Gasteiger partial charge in [0, 0.05) is 11.6 Å². The first kappa shape index (κ1) is 12.0. The van der Waals surface area contributed by atoms with Gasteiger partial charge in [-0.2, -0.15) is 0 Å². The van der Waals surface area contributed by atoms with E-state index < -0.39 is 5.43 Å². The summed E-state index contributed by atoms with van der Waals surface area (Å²) in [5.41, 5.74) is 0.162. The van der Waals surface area contributed by atoms with Gasteiger partial charge in [0.2, 0.25) is 0 Å². The molecule has 1 aromatic carbocycles. The van der Waals surface area contributed by atoms with Gasteiger partial charge in [0.25, 0.3) is 0 Å². The second-order valence-corrected chi connectivity index (χ2v) is 2.32. The molecule has 72 valence electrons. The normalized spacial score (nSPS) is 8.23. The van der Waals surface area contributed by atoms with Crippen LogP contribution in [0.4, 0.5) is 4.79 Å². The number of carbonyl (C=O) groups is 1. The lowest BCUT2D eigenvalue weighted by Crippen LogP contribution is -1.93. The summed E-state index contributed by atoms with van der Waals surface area (Å²) < 4.78 is 4.55. The first-order valence-electron chi connectivity index (χ1n) is 4.15. The minimum absolute atomic E-state index is 0.239. The molecule has 0 spiro atoms. The largest absolute Gasteiger partial charge is 0.449 e. The van der Waals surface area contributed by atoms with E-state index in [9.17, 15) is 4.79 Å². The maximum atomic E-state index is 10.2. The zero-order chi connectivity index (χ0) is 10.1. The molecule has 1 aromatic rings. The van der Waals surface area contributed by atoms with Gasteiger partial charge in [-0.3, -0.25) is 0 Å². The van der Waals surface area contributed by atoms with Crippen LogP contribution in [0.5, 0.6) is 0 Å². The van der Waals surface area contributed by atoms with Crippen LogP contribution in [0.1, 0.15) is 19.4 Å². The Hall–Kier alpha value is -1.02. The van der Waals surface area contributed by atoms with Gasteiger partial charge in [-0.1, -0.05) is 44.2 Å². The van der Waals surface area contributed by atoms with Crippen molar-refractivity contribution in [2.75, 3.05) is 0 Å². The molecule has 0 bridgehead atoms. The molecule has 0 N–H and O–H groups in total. The number of ether oxygens (including phenoxy) is 1. The molecule has 0 aliphatic heterocycles. The Kier molecular flexibility index (Phi) is 7.02. The van der Waals surface area contributed by atoms with Crippen LogP contribution in [0.2, 0.25) is 0 Å². The van der Waals surface area contributed by atoms with Crippen LogP contribution in [-0.2, 0) is 11.3 Å². The van der Waals surface area contributed by atoms with Gasteiger partial charge in [0.05, 0.1) is 0 Å². The van der Waals surface area contributed by atoms with E-state index in [1.54, 1.807) is 0 Å². The quantitative estimate of drug-likeness (QED) is 0.682. The minimum Gasteiger partial charge on any atom is -0.449 e. The Labute approximate surface area is 83.5 Å². The molecule has 0 aromatic heterocycles. The fourth-order valence-electron chi connectivity index (χ4n) is 0.714. The van der Waals surface area contributed by atoms with Crippen LogP contribution in [0.15, 0.2) is 30.3 Å². The van der Waals surface area contributed by atoms with Gasteiger partial charge in [0.15, 0.2) is 0 Å². The third-order valence-electron chi connectivity index (χ3n) is 1.20. The molecular formula is C10H13ClO2. The van der Waals surface area contributed by atoms with Crippen LogP contribution in [0.25, 0.3) is 0 Å². The van der Waals surface area contributed by atoms with Crippen molar-refractivity contribution in [3.8, 4) is 0 Å². The Morgan fingerprint density at radius 3 is 2.31 bits per heavy atom. The molecule has 13 heavy (non-hydrogen) atoms. The van der Waals surface area contributed by atoms with E-state index in [-0.39, 0.29) is 6.61 Å². The van der Waals surface area contributed by atoms with Crippen molar-refractivity contribution in [3.63, 3.8) is 0 Å². The molecule has 2 nitrogen and oxygen atoms in total. The predicted molar refractivity (Wildman–Crippen MR) is 53.8 cm³/mol. The molecule has 0 aliphatic rings. The van der Waals surface area contributed by atoms with E-state index in [0.717, 1.165) is 5.56 Å². The topological polar surface area (TPSA) is 26.3 Å². The Bertz CT molecular complexity index is 234. The van der Waals surface area contributed by atoms with Crippen molar-refractivity contribution in [2.45, 2.75) is 20.5 Å². The number of halogens is 1. The van der Waals surface area contributed by atoms with Gasteiger partial charge < -0.3 is 4.74 Å². The molecule has 0 amide bonds. The van der Waals surface area contributed by atoms with E-state index in [0.29, 0.717) is 0 Å². The highest BCUT2D eigenvalue weighted by Crippen LogP contribution is 2.01. The SMILES string of the molecule is CC.O=C(Cl)OCc1ccccc1. The molecule has 0 saturated carbocycles. The first-order valence-corrected chi connectivity index (χ1v) is 4.53. The second-order valence-electron chi connectivity index (χ2n) is 2.01. The van der Waals surface area contributed by atoms with Crippen LogP contribution < -0.4 is 0 Å². The third-order valence-corrected chi connectivity index (χ3v) is 1.30. The highest BCUT2D eigenvalue weighted by Gasteiger charge is 1.95. The lowest BCUT2D eigenvalue weighted by atomic mass is 10.2. The highest BCUT2D eigenvalue weighted by molar-refractivity contribution is 6.61.